The monoisotopic (exact) mass is 292 g/mol. The summed E-state index contributed by atoms with van der Waals surface area (Å²) in [6, 6.07) is 1.96. The van der Waals surface area contributed by atoms with E-state index in [1.807, 2.05) is 0 Å². The number of ether oxygens (including phenoxy) is 1. The molecule has 0 aliphatic carbocycles. The lowest BCUT2D eigenvalue weighted by Gasteiger charge is -2.21. The second kappa shape index (κ2) is 6.68. The number of anilines is 1. The van der Waals surface area contributed by atoms with E-state index in [0.29, 0.717) is 19.5 Å². The second-order valence-corrected chi connectivity index (χ2v) is 4.02. The normalized spacial score (nSPS) is 14.3. The van der Waals surface area contributed by atoms with E-state index in [1.54, 1.807) is 0 Å². The molecular weight excluding hydrogens is 278 g/mol. The lowest BCUT2D eigenvalue weighted by molar-refractivity contribution is -0.118. The summed E-state index contributed by atoms with van der Waals surface area (Å²) in [5.74, 6) is -1.96. The van der Waals surface area contributed by atoms with Gasteiger partial charge in [-0.05, 0) is 13.0 Å². The van der Waals surface area contributed by atoms with Crippen LogP contribution < -0.4 is 15.4 Å². The van der Waals surface area contributed by atoms with Crippen LogP contribution in [0.5, 0.6) is 5.75 Å². The van der Waals surface area contributed by atoms with E-state index in [2.05, 4.69) is 0 Å². The van der Waals surface area contributed by atoms with Crippen LogP contribution in [0, 0.1) is 11.6 Å². The van der Waals surface area contributed by atoms with Gasteiger partial charge in [-0.25, -0.2) is 8.78 Å². The summed E-state index contributed by atoms with van der Waals surface area (Å²) in [5.41, 5.74) is 5.67. The average Bonchev–Trinajstić information content (AvgIpc) is 2.48. The minimum Gasteiger partial charge on any atom is -0.491 e. The quantitative estimate of drug-likeness (QED) is 0.925. The van der Waals surface area contributed by atoms with E-state index in [1.165, 1.54) is 4.90 Å². The van der Waals surface area contributed by atoms with Crippen LogP contribution in [0.15, 0.2) is 12.1 Å². The number of hydrogen-bond donors (Lipinski definition) is 1. The molecule has 0 fully saturated rings. The number of fused-ring (bicyclic) bond motifs is 1. The third kappa shape index (κ3) is 3.33. The van der Waals surface area contributed by atoms with Gasteiger partial charge in [-0.1, -0.05) is 0 Å². The molecule has 19 heavy (non-hydrogen) atoms. The van der Waals surface area contributed by atoms with Crippen molar-refractivity contribution in [3.05, 3.63) is 23.8 Å². The molecule has 1 heterocycles. The van der Waals surface area contributed by atoms with Gasteiger partial charge in [0.1, 0.15) is 5.75 Å². The van der Waals surface area contributed by atoms with Gasteiger partial charge in [-0.2, -0.15) is 0 Å². The molecule has 0 spiro atoms. The minimum absolute atomic E-state index is 0. The second-order valence-electron chi connectivity index (χ2n) is 4.02. The van der Waals surface area contributed by atoms with Gasteiger partial charge in [0.2, 0.25) is 5.91 Å². The molecule has 0 saturated heterocycles. The Morgan fingerprint density at radius 2 is 2.00 bits per heavy atom. The number of nitrogens with two attached hydrogens (primary N) is 1. The first-order valence-electron chi connectivity index (χ1n) is 5.75. The van der Waals surface area contributed by atoms with Crippen molar-refractivity contribution >= 4 is 24.0 Å². The molecule has 1 aliphatic rings. The molecule has 0 saturated carbocycles. The molecule has 2 rings (SSSR count). The lowest BCUT2D eigenvalue weighted by atomic mass is 10.2. The lowest BCUT2D eigenvalue weighted by Crippen LogP contribution is -2.32. The third-order valence-corrected chi connectivity index (χ3v) is 2.75. The first-order chi connectivity index (χ1) is 8.63. The Morgan fingerprint density at radius 3 is 2.68 bits per heavy atom. The topological polar surface area (TPSA) is 55.6 Å². The van der Waals surface area contributed by atoms with Crippen LogP contribution in [-0.2, 0) is 4.79 Å². The van der Waals surface area contributed by atoms with Crippen molar-refractivity contribution in [1.82, 2.24) is 0 Å². The Kier molecular flexibility index (Phi) is 5.50. The summed E-state index contributed by atoms with van der Waals surface area (Å²) in [5, 5.41) is 0. The molecule has 0 bridgehead atoms. The summed E-state index contributed by atoms with van der Waals surface area (Å²) < 4.78 is 31.7. The van der Waals surface area contributed by atoms with E-state index in [4.69, 9.17) is 10.5 Å². The van der Waals surface area contributed by atoms with Crippen molar-refractivity contribution in [2.75, 3.05) is 24.6 Å². The highest BCUT2D eigenvalue weighted by Gasteiger charge is 2.24. The zero-order valence-electron chi connectivity index (χ0n) is 10.2. The molecular formula is C12H15ClF2N2O2. The van der Waals surface area contributed by atoms with Gasteiger partial charge >= 0.3 is 0 Å². The predicted molar refractivity (Wildman–Crippen MR) is 69.7 cm³/mol. The van der Waals surface area contributed by atoms with Gasteiger partial charge in [0.15, 0.2) is 11.6 Å². The van der Waals surface area contributed by atoms with Crippen LogP contribution >= 0.6 is 12.4 Å². The predicted octanol–water partition coefficient (Wildman–Crippen LogP) is 1.85. The van der Waals surface area contributed by atoms with Gasteiger partial charge in [-0.15, -0.1) is 12.4 Å². The molecule has 1 aromatic carbocycles. The number of hydrogen-bond acceptors (Lipinski definition) is 3. The van der Waals surface area contributed by atoms with E-state index in [9.17, 15) is 13.6 Å². The van der Waals surface area contributed by atoms with Crippen molar-refractivity contribution < 1.29 is 18.3 Å². The van der Waals surface area contributed by atoms with Crippen LogP contribution in [0.1, 0.15) is 12.8 Å². The molecule has 0 aromatic heterocycles. The highest BCUT2D eigenvalue weighted by Crippen LogP contribution is 2.33. The van der Waals surface area contributed by atoms with Crippen molar-refractivity contribution in [3.63, 3.8) is 0 Å². The van der Waals surface area contributed by atoms with E-state index in [-0.39, 0.29) is 42.8 Å². The smallest absolute Gasteiger partial charge is 0.230 e. The first-order valence-corrected chi connectivity index (χ1v) is 5.75. The first kappa shape index (κ1) is 15.7. The molecule has 7 heteroatoms. The third-order valence-electron chi connectivity index (χ3n) is 2.75. The van der Waals surface area contributed by atoms with Gasteiger partial charge < -0.3 is 15.4 Å². The highest BCUT2D eigenvalue weighted by molar-refractivity contribution is 5.95. The highest BCUT2D eigenvalue weighted by atomic mass is 35.5. The van der Waals surface area contributed by atoms with Crippen molar-refractivity contribution in [3.8, 4) is 5.75 Å². The van der Waals surface area contributed by atoms with Crippen LogP contribution in [0.4, 0.5) is 14.5 Å². The van der Waals surface area contributed by atoms with Crippen LogP contribution in [0.2, 0.25) is 0 Å². The summed E-state index contributed by atoms with van der Waals surface area (Å²) in [4.78, 5) is 13.3. The zero-order valence-corrected chi connectivity index (χ0v) is 11.0. The Labute approximate surface area is 115 Å². The molecule has 0 atom stereocenters. The minimum atomic E-state index is -0.996. The van der Waals surface area contributed by atoms with Gasteiger partial charge in [0.05, 0.1) is 18.7 Å². The van der Waals surface area contributed by atoms with Gasteiger partial charge in [0, 0.05) is 18.7 Å². The molecule has 4 nitrogen and oxygen atoms in total. The molecule has 0 unspecified atom stereocenters. The maximum atomic E-state index is 13.3. The summed E-state index contributed by atoms with van der Waals surface area (Å²) >= 11 is 0. The van der Waals surface area contributed by atoms with Crippen molar-refractivity contribution in [1.29, 1.82) is 0 Å². The Hall–Kier alpha value is -1.40. The maximum absolute atomic E-state index is 13.3. The largest absolute Gasteiger partial charge is 0.491 e. The number of carbonyl (C=O) groups is 1. The number of halogens is 3. The standard InChI is InChI=1S/C12H14F2N2O2.ClH/c13-8-6-10-11(7-9(8)14)18-5-2-12(17)16(10)4-1-3-15;/h6-7H,1-5,15H2;1H. The number of benzene rings is 1. The molecule has 0 radical (unpaired) electrons. The van der Waals surface area contributed by atoms with Crippen LogP contribution in [0.25, 0.3) is 0 Å². The number of rotatable bonds is 3. The van der Waals surface area contributed by atoms with E-state index >= 15 is 0 Å². The SMILES string of the molecule is Cl.NCCCN1C(=O)CCOc2cc(F)c(F)cc21. The summed E-state index contributed by atoms with van der Waals surface area (Å²) in [6.45, 7) is 0.955. The fourth-order valence-corrected chi connectivity index (χ4v) is 1.86. The Morgan fingerprint density at radius 1 is 1.32 bits per heavy atom. The number of nitrogens with zero attached hydrogens (tertiary/aromatic N) is 1. The molecule has 1 amide bonds. The van der Waals surface area contributed by atoms with E-state index in [0.717, 1.165) is 12.1 Å². The van der Waals surface area contributed by atoms with Crippen molar-refractivity contribution in [2.45, 2.75) is 12.8 Å². The molecule has 1 aromatic rings. The summed E-state index contributed by atoms with van der Waals surface area (Å²) in [6.07, 6.45) is 0.771. The molecule has 1 aliphatic heterocycles. The van der Waals surface area contributed by atoms with Gasteiger partial charge in [-0.3, -0.25) is 4.79 Å². The van der Waals surface area contributed by atoms with Crippen molar-refractivity contribution in [2.24, 2.45) is 5.73 Å². The fourth-order valence-electron chi connectivity index (χ4n) is 1.86. The molecule has 106 valence electrons. The van der Waals surface area contributed by atoms with Gasteiger partial charge in [0.25, 0.3) is 0 Å². The Bertz CT molecular complexity index is 471. The zero-order chi connectivity index (χ0) is 13.1. The fraction of sp³-hybridized carbons (Fsp3) is 0.417. The molecule has 2 N–H and O–H groups in total. The number of carbonyl (C=O) groups excluding carboxylic acids is 1. The van der Waals surface area contributed by atoms with E-state index < -0.39 is 11.6 Å². The Balaban J connectivity index is 0.00000180. The van der Waals surface area contributed by atoms with Crippen LogP contribution in [-0.4, -0.2) is 25.6 Å². The van der Waals surface area contributed by atoms with Crippen LogP contribution in [0.3, 0.4) is 0 Å². The number of amides is 1. The average molecular weight is 293 g/mol. The summed E-state index contributed by atoms with van der Waals surface area (Å²) in [7, 11) is 0. The maximum Gasteiger partial charge on any atom is 0.230 e.